The van der Waals surface area contributed by atoms with Crippen LogP contribution >= 0.6 is 23.1 Å². The van der Waals surface area contributed by atoms with Crippen molar-refractivity contribution in [3.63, 3.8) is 0 Å². The first kappa shape index (κ1) is 21.7. The molecule has 2 aromatic heterocycles. The topological polar surface area (TPSA) is 81.1 Å². The van der Waals surface area contributed by atoms with Crippen LogP contribution in [0.4, 0.5) is 0 Å². The number of aromatic nitrogens is 2. The van der Waals surface area contributed by atoms with Gasteiger partial charge in [0.25, 0.3) is 11.5 Å². The highest BCUT2D eigenvalue weighted by molar-refractivity contribution is 7.99. The van der Waals surface area contributed by atoms with Crippen LogP contribution in [0.25, 0.3) is 20.7 Å². The molecule has 0 unspecified atom stereocenters. The number of thioether (sulfide) groups is 1. The van der Waals surface area contributed by atoms with Gasteiger partial charge in [-0.2, -0.15) is 0 Å². The molecule has 2 amide bonds. The summed E-state index contributed by atoms with van der Waals surface area (Å²) in [6.45, 7) is 3.99. The molecule has 6 nitrogen and oxygen atoms in total. The molecule has 8 heteroatoms. The van der Waals surface area contributed by atoms with Gasteiger partial charge in [0.15, 0.2) is 5.16 Å². The van der Waals surface area contributed by atoms with Crippen molar-refractivity contribution in [3.8, 4) is 10.4 Å². The SMILES string of the molecule is C=CCn1c(SCC(=O)NC(=O)c2ccccc2)nc2sc(-c3ccccc3)cc2c1=O. The molecule has 4 rings (SSSR count). The minimum absolute atomic E-state index is 0.0510. The molecule has 2 aromatic carbocycles. The second-order valence-electron chi connectivity index (χ2n) is 6.83. The number of amides is 2. The molecule has 0 aliphatic rings. The molecule has 0 spiro atoms. The highest BCUT2D eigenvalue weighted by Gasteiger charge is 2.17. The number of carbonyl (C=O) groups excluding carboxylic acids is 2. The third-order valence-corrected chi connectivity index (χ3v) is 6.66. The van der Waals surface area contributed by atoms with E-state index in [1.165, 1.54) is 15.9 Å². The van der Waals surface area contributed by atoms with Crippen molar-refractivity contribution in [2.75, 3.05) is 5.75 Å². The van der Waals surface area contributed by atoms with Crippen molar-refractivity contribution >= 4 is 45.1 Å². The van der Waals surface area contributed by atoms with Gasteiger partial charge in [0.05, 0.1) is 11.1 Å². The Kier molecular flexibility index (Phi) is 6.63. The van der Waals surface area contributed by atoms with E-state index >= 15 is 0 Å². The average molecular weight is 462 g/mol. The predicted molar refractivity (Wildman–Crippen MR) is 129 cm³/mol. The lowest BCUT2D eigenvalue weighted by molar-refractivity contribution is -0.117. The first-order valence-corrected chi connectivity index (χ1v) is 11.6. The number of hydrogen-bond donors (Lipinski definition) is 1. The second-order valence-corrected chi connectivity index (χ2v) is 8.80. The molecule has 0 bridgehead atoms. The van der Waals surface area contributed by atoms with Gasteiger partial charge in [-0.25, -0.2) is 4.98 Å². The molecule has 0 aliphatic carbocycles. The largest absolute Gasteiger partial charge is 0.292 e. The highest BCUT2D eigenvalue weighted by Crippen LogP contribution is 2.32. The van der Waals surface area contributed by atoms with Crippen LogP contribution in [0, 0.1) is 0 Å². The lowest BCUT2D eigenvalue weighted by Crippen LogP contribution is -2.32. The molecule has 0 aliphatic heterocycles. The number of rotatable bonds is 7. The van der Waals surface area contributed by atoms with Crippen LogP contribution in [0.3, 0.4) is 0 Å². The average Bonchev–Trinajstić information content (AvgIpc) is 3.25. The predicted octanol–water partition coefficient (Wildman–Crippen LogP) is 4.36. The van der Waals surface area contributed by atoms with E-state index in [4.69, 9.17) is 0 Å². The Morgan fingerprint density at radius 3 is 2.47 bits per heavy atom. The van der Waals surface area contributed by atoms with E-state index in [0.717, 1.165) is 22.2 Å². The molecule has 0 radical (unpaired) electrons. The Labute approximate surface area is 192 Å². The van der Waals surface area contributed by atoms with E-state index < -0.39 is 11.8 Å². The first-order valence-electron chi connectivity index (χ1n) is 9.79. The van der Waals surface area contributed by atoms with E-state index in [9.17, 15) is 14.4 Å². The minimum atomic E-state index is -0.464. The van der Waals surface area contributed by atoms with Gasteiger partial charge in [-0.1, -0.05) is 66.4 Å². The number of nitrogens with zero attached hydrogens (tertiary/aromatic N) is 2. The first-order chi connectivity index (χ1) is 15.6. The zero-order chi connectivity index (χ0) is 22.5. The van der Waals surface area contributed by atoms with E-state index in [1.54, 1.807) is 36.4 Å². The standard InChI is InChI=1S/C24H19N3O3S2/c1-2-13-27-23(30)18-14-19(16-9-5-3-6-10-16)32-22(18)26-24(27)31-15-20(28)25-21(29)17-11-7-4-8-12-17/h2-12,14H,1,13,15H2,(H,25,28,29). The summed E-state index contributed by atoms with van der Waals surface area (Å²) in [5.74, 6) is -0.974. The van der Waals surface area contributed by atoms with Crippen molar-refractivity contribution in [2.24, 2.45) is 0 Å². The van der Waals surface area contributed by atoms with E-state index in [1.807, 2.05) is 36.4 Å². The van der Waals surface area contributed by atoms with Crippen LogP contribution in [0.2, 0.25) is 0 Å². The third kappa shape index (κ3) is 4.71. The molecular formula is C24H19N3O3S2. The summed E-state index contributed by atoms with van der Waals surface area (Å²) < 4.78 is 1.49. The lowest BCUT2D eigenvalue weighted by Gasteiger charge is -2.10. The molecule has 1 N–H and O–H groups in total. The van der Waals surface area contributed by atoms with E-state index in [-0.39, 0.29) is 17.9 Å². The molecule has 0 fully saturated rings. The summed E-state index contributed by atoms with van der Waals surface area (Å²) in [4.78, 5) is 43.8. The fourth-order valence-electron chi connectivity index (χ4n) is 3.10. The third-order valence-electron chi connectivity index (χ3n) is 4.61. The van der Waals surface area contributed by atoms with Gasteiger partial charge in [-0.15, -0.1) is 17.9 Å². The molecule has 2 heterocycles. The van der Waals surface area contributed by atoms with Crippen LogP contribution in [0.1, 0.15) is 10.4 Å². The summed E-state index contributed by atoms with van der Waals surface area (Å²) >= 11 is 2.54. The number of nitrogens with one attached hydrogen (secondary N) is 1. The van der Waals surface area contributed by atoms with Crippen molar-refractivity contribution in [1.82, 2.24) is 14.9 Å². The highest BCUT2D eigenvalue weighted by atomic mass is 32.2. The number of carbonyl (C=O) groups is 2. The molecule has 4 aromatic rings. The maximum absolute atomic E-state index is 13.1. The summed E-state index contributed by atoms with van der Waals surface area (Å²) in [7, 11) is 0. The quantitative estimate of drug-likeness (QED) is 0.251. The molecule has 32 heavy (non-hydrogen) atoms. The van der Waals surface area contributed by atoms with Crippen LogP contribution in [-0.4, -0.2) is 27.1 Å². The molecular weight excluding hydrogens is 442 g/mol. The Bertz CT molecular complexity index is 1350. The molecule has 0 atom stereocenters. The van der Waals surface area contributed by atoms with Crippen molar-refractivity contribution in [3.05, 3.63) is 95.3 Å². The summed E-state index contributed by atoms with van der Waals surface area (Å²) in [5, 5.41) is 3.30. The Morgan fingerprint density at radius 1 is 1.09 bits per heavy atom. The van der Waals surface area contributed by atoms with E-state index in [2.05, 4.69) is 16.9 Å². The van der Waals surface area contributed by atoms with Gasteiger partial charge in [0.2, 0.25) is 5.91 Å². The summed E-state index contributed by atoms with van der Waals surface area (Å²) in [6, 6.07) is 20.2. The van der Waals surface area contributed by atoms with Gasteiger partial charge < -0.3 is 0 Å². The molecule has 0 saturated carbocycles. The minimum Gasteiger partial charge on any atom is -0.292 e. The molecule has 0 saturated heterocycles. The smallest absolute Gasteiger partial charge is 0.263 e. The van der Waals surface area contributed by atoms with Gasteiger partial charge in [0, 0.05) is 17.0 Å². The number of thiophene rings is 1. The second kappa shape index (κ2) is 9.76. The number of fused-ring (bicyclic) bond motifs is 1. The fraction of sp³-hybridized carbons (Fsp3) is 0.0833. The number of imide groups is 1. The van der Waals surface area contributed by atoms with Gasteiger partial charge in [-0.3, -0.25) is 24.3 Å². The number of hydrogen-bond acceptors (Lipinski definition) is 6. The number of allylic oxidation sites excluding steroid dienone is 1. The Hall–Kier alpha value is -3.49. The van der Waals surface area contributed by atoms with Crippen molar-refractivity contribution < 1.29 is 9.59 Å². The summed E-state index contributed by atoms with van der Waals surface area (Å²) in [6.07, 6.45) is 1.61. The van der Waals surface area contributed by atoms with Gasteiger partial charge in [-0.05, 0) is 23.8 Å². The van der Waals surface area contributed by atoms with E-state index in [0.29, 0.717) is 20.9 Å². The van der Waals surface area contributed by atoms with Gasteiger partial charge in [0.1, 0.15) is 4.83 Å². The number of benzene rings is 2. The van der Waals surface area contributed by atoms with Crippen LogP contribution in [0.15, 0.2) is 89.3 Å². The Morgan fingerprint density at radius 2 is 1.78 bits per heavy atom. The van der Waals surface area contributed by atoms with Crippen LogP contribution < -0.4 is 10.9 Å². The summed E-state index contributed by atoms with van der Waals surface area (Å²) in [5.41, 5.74) is 1.23. The molecule has 160 valence electrons. The van der Waals surface area contributed by atoms with Crippen LogP contribution in [0.5, 0.6) is 0 Å². The zero-order valence-electron chi connectivity index (χ0n) is 17.0. The lowest BCUT2D eigenvalue weighted by atomic mass is 10.2. The monoisotopic (exact) mass is 461 g/mol. The van der Waals surface area contributed by atoms with Crippen LogP contribution in [-0.2, 0) is 11.3 Å². The Balaban J connectivity index is 1.58. The zero-order valence-corrected chi connectivity index (χ0v) is 18.6. The maximum atomic E-state index is 13.1. The fourth-order valence-corrected chi connectivity index (χ4v) is 4.98. The van der Waals surface area contributed by atoms with Crippen molar-refractivity contribution in [2.45, 2.75) is 11.7 Å². The van der Waals surface area contributed by atoms with Gasteiger partial charge >= 0.3 is 0 Å². The van der Waals surface area contributed by atoms with Crippen molar-refractivity contribution in [1.29, 1.82) is 0 Å². The maximum Gasteiger partial charge on any atom is 0.263 e. The normalized spacial score (nSPS) is 10.8.